The van der Waals surface area contributed by atoms with Gasteiger partial charge in [-0.05, 0) is 87.4 Å². The summed E-state index contributed by atoms with van der Waals surface area (Å²) in [6.07, 6.45) is 1.57. The summed E-state index contributed by atoms with van der Waals surface area (Å²) in [6.45, 7) is -0.141. The van der Waals surface area contributed by atoms with E-state index in [1.54, 1.807) is 36.4 Å². The summed E-state index contributed by atoms with van der Waals surface area (Å²) in [5, 5.41) is 2.41. The number of carbonyl (C=O) groups is 3. The number of rotatable bonds is 7. The molecule has 4 rings (SSSR count). The van der Waals surface area contributed by atoms with Crippen LogP contribution in [-0.4, -0.2) is 28.5 Å². The number of imide groups is 1. The van der Waals surface area contributed by atoms with Gasteiger partial charge in [0.15, 0.2) is 0 Å². The zero-order valence-corrected chi connectivity index (χ0v) is 22.2. The first-order valence-corrected chi connectivity index (χ1v) is 12.7. The fraction of sp³-hybridized carbons (Fsp3) is 0.0800. The minimum atomic E-state index is -0.626. The Bertz CT molecular complexity index is 1380. The third kappa shape index (κ3) is 6.47. The van der Waals surface area contributed by atoms with E-state index in [2.05, 4.69) is 21.2 Å². The summed E-state index contributed by atoms with van der Waals surface area (Å²) < 4.78 is 19.8. The molecule has 36 heavy (non-hydrogen) atoms. The van der Waals surface area contributed by atoms with Crippen molar-refractivity contribution in [2.75, 3.05) is 11.9 Å². The fourth-order valence-corrected chi connectivity index (χ4v) is 4.83. The largest absolute Gasteiger partial charge is 0.488 e. The second-order valence-corrected chi connectivity index (χ2v) is 10.2. The third-order valence-corrected chi connectivity index (χ3v) is 7.01. The van der Waals surface area contributed by atoms with Crippen LogP contribution in [0.3, 0.4) is 0 Å². The Labute approximate surface area is 228 Å². The van der Waals surface area contributed by atoms with Crippen molar-refractivity contribution in [3.8, 4) is 5.75 Å². The molecule has 11 heteroatoms. The second kappa shape index (κ2) is 11.5. The molecule has 3 amide bonds. The Hall–Kier alpha value is -2.85. The Morgan fingerprint density at radius 3 is 2.53 bits per heavy atom. The SMILES string of the molecule is O=C(CN1C(=O)S/C(=C/c2ccc(OCc3ccc(Cl)cc3)c(Br)c2)C1=O)Nc1ccc(F)c(Cl)c1. The highest BCUT2D eigenvalue weighted by atomic mass is 79.9. The first-order valence-electron chi connectivity index (χ1n) is 10.4. The van der Waals surface area contributed by atoms with Crippen molar-refractivity contribution in [1.29, 1.82) is 0 Å². The number of nitrogens with one attached hydrogen (secondary N) is 1. The van der Waals surface area contributed by atoms with Crippen molar-refractivity contribution in [3.63, 3.8) is 0 Å². The van der Waals surface area contributed by atoms with E-state index >= 15 is 0 Å². The van der Waals surface area contributed by atoms with Crippen molar-refractivity contribution >= 4 is 79.7 Å². The van der Waals surface area contributed by atoms with Crippen LogP contribution in [0.5, 0.6) is 5.75 Å². The molecular weight excluding hydrogens is 594 g/mol. The van der Waals surface area contributed by atoms with Gasteiger partial charge in [-0.2, -0.15) is 0 Å². The highest BCUT2D eigenvalue weighted by Gasteiger charge is 2.36. The van der Waals surface area contributed by atoms with Gasteiger partial charge < -0.3 is 10.1 Å². The van der Waals surface area contributed by atoms with E-state index in [-0.39, 0.29) is 15.6 Å². The van der Waals surface area contributed by atoms with Gasteiger partial charge in [-0.3, -0.25) is 19.3 Å². The summed E-state index contributed by atoms with van der Waals surface area (Å²) in [4.78, 5) is 38.5. The van der Waals surface area contributed by atoms with Crippen molar-refractivity contribution in [1.82, 2.24) is 4.90 Å². The van der Waals surface area contributed by atoms with Crippen LogP contribution >= 0.6 is 50.9 Å². The lowest BCUT2D eigenvalue weighted by Crippen LogP contribution is -2.36. The van der Waals surface area contributed by atoms with E-state index in [9.17, 15) is 18.8 Å². The predicted molar refractivity (Wildman–Crippen MR) is 143 cm³/mol. The van der Waals surface area contributed by atoms with Gasteiger partial charge in [-0.15, -0.1) is 0 Å². The molecule has 0 bridgehead atoms. The van der Waals surface area contributed by atoms with Gasteiger partial charge in [-0.25, -0.2) is 4.39 Å². The lowest BCUT2D eigenvalue weighted by Gasteiger charge is -2.12. The van der Waals surface area contributed by atoms with Crippen LogP contribution < -0.4 is 10.1 Å². The number of benzene rings is 3. The van der Waals surface area contributed by atoms with Gasteiger partial charge in [-0.1, -0.05) is 41.4 Å². The monoisotopic (exact) mass is 608 g/mol. The Morgan fingerprint density at radius 1 is 1.08 bits per heavy atom. The summed E-state index contributed by atoms with van der Waals surface area (Å²) in [7, 11) is 0. The van der Waals surface area contributed by atoms with Crippen molar-refractivity contribution in [2.45, 2.75) is 6.61 Å². The molecule has 0 aliphatic carbocycles. The molecule has 0 radical (unpaired) electrons. The molecule has 3 aromatic rings. The quantitative estimate of drug-likeness (QED) is 0.288. The van der Waals surface area contributed by atoms with Crippen molar-refractivity contribution in [3.05, 3.63) is 97.0 Å². The van der Waals surface area contributed by atoms with Crippen LogP contribution in [0.2, 0.25) is 10.0 Å². The molecule has 0 spiro atoms. The minimum Gasteiger partial charge on any atom is -0.488 e. The Kier molecular flexibility index (Phi) is 8.35. The zero-order valence-electron chi connectivity index (χ0n) is 18.3. The highest BCUT2D eigenvalue weighted by molar-refractivity contribution is 9.10. The number of carbonyl (C=O) groups excluding carboxylic acids is 3. The van der Waals surface area contributed by atoms with Gasteiger partial charge in [0.25, 0.3) is 11.1 Å². The van der Waals surface area contributed by atoms with E-state index in [1.165, 1.54) is 12.1 Å². The van der Waals surface area contributed by atoms with Crippen LogP contribution in [0.15, 0.2) is 70.0 Å². The van der Waals surface area contributed by atoms with Crippen LogP contribution in [-0.2, 0) is 16.2 Å². The maximum atomic E-state index is 13.3. The zero-order chi connectivity index (χ0) is 25.8. The van der Waals surface area contributed by atoms with Gasteiger partial charge in [0, 0.05) is 10.7 Å². The van der Waals surface area contributed by atoms with Crippen LogP contribution in [0.1, 0.15) is 11.1 Å². The molecule has 1 aliphatic heterocycles. The molecule has 0 saturated carbocycles. The normalized spacial score (nSPS) is 14.4. The van der Waals surface area contributed by atoms with E-state index in [0.717, 1.165) is 28.3 Å². The first kappa shape index (κ1) is 26.2. The number of halogens is 4. The van der Waals surface area contributed by atoms with Crippen molar-refractivity contribution < 1.29 is 23.5 Å². The summed E-state index contributed by atoms with van der Waals surface area (Å²) in [5.74, 6) is -1.23. The molecule has 1 aliphatic rings. The maximum Gasteiger partial charge on any atom is 0.294 e. The standard InChI is InChI=1S/C25H16BrCl2FN2O4S/c26-18-9-15(3-8-21(18)35-13-14-1-4-16(27)5-2-14)10-22-24(33)31(25(34)36-22)12-23(32)30-17-6-7-20(29)19(28)11-17/h1-11H,12-13H2,(H,30,32)/b22-10+. The fourth-order valence-electron chi connectivity index (χ4n) is 3.17. The van der Waals surface area contributed by atoms with Gasteiger partial charge >= 0.3 is 0 Å². The lowest BCUT2D eigenvalue weighted by molar-refractivity contribution is -0.127. The summed E-state index contributed by atoms with van der Waals surface area (Å²) >= 11 is 15.8. The molecule has 1 N–H and O–H groups in total. The molecule has 0 atom stereocenters. The smallest absolute Gasteiger partial charge is 0.294 e. The second-order valence-electron chi connectivity index (χ2n) is 7.55. The number of ether oxygens (including phenoxy) is 1. The molecule has 184 valence electrons. The third-order valence-electron chi connectivity index (χ3n) is 4.94. The molecule has 1 fully saturated rings. The van der Waals surface area contributed by atoms with E-state index in [1.807, 2.05) is 12.1 Å². The number of anilines is 1. The minimum absolute atomic E-state index is 0.158. The number of hydrogen-bond donors (Lipinski definition) is 1. The molecular formula is C25H16BrCl2FN2O4S. The number of hydrogen-bond acceptors (Lipinski definition) is 5. The molecule has 1 heterocycles. The summed E-state index contributed by atoms with van der Waals surface area (Å²) in [5.41, 5.74) is 1.87. The van der Waals surface area contributed by atoms with E-state index in [4.69, 9.17) is 27.9 Å². The van der Waals surface area contributed by atoms with E-state index < -0.39 is 29.4 Å². The average Bonchev–Trinajstić information content (AvgIpc) is 3.09. The van der Waals surface area contributed by atoms with Gasteiger partial charge in [0.05, 0.1) is 14.4 Å². The maximum absolute atomic E-state index is 13.3. The number of thioether (sulfide) groups is 1. The summed E-state index contributed by atoms with van der Waals surface area (Å²) in [6, 6.07) is 16.2. The average molecular weight is 610 g/mol. The Balaban J connectivity index is 1.39. The topological polar surface area (TPSA) is 75.7 Å². The Morgan fingerprint density at radius 2 is 1.83 bits per heavy atom. The van der Waals surface area contributed by atoms with Gasteiger partial charge in [0.1, 0.15) is 24.7 Å². The predicted octanol–water partition coefficient (Wildman–Crippen LogP) is 7.15. The molecule has 3 aromatic carbocycles. The van der Waals surface area contributed by atoms with Crippen LogP contribution in [0.25, 0.3) is 6.08 Å². The van der Waals surface area contributed by atoms with Crippen molar-refractivity contribution in [2.24, 2.45) is 0 Å². The lowest BCUT2D eigenvalue weighted by atomic mass is 10.2. The first-order chi connectivity index (χ1) is 17.2. The molecule has 0 unspecified atom stereocenters. The van der Waals surface area contributed by atoms with Crippen LogP contribution in [0.4, 0.5) is 14.9 Å². The molecule has 0 aromatic heterocycles. The van der Waals surface area contributed by atoms with Gasteiger partial charge in [0.2, 0.25) is 5.91 Å². The van der Waals surface area contributed by atoms with E-state index in [0.29, 0.717) is 27.4 Å². The highest BCUT2D eigenvalue weighted by Crippen LogP contribution is 2.34. The number of amides is 3. The number of nitrogens with zero attached hydrogens (tertiary/aromatic N) is 1. The molecule has 6 nitrogen and oxygen atoms in total. The van der Waals surface area contributed by atoms with Crippen LogP contribution in [0, 0.1) is 5.82 Å². The molecule has 1 saturated heterocycles.